The third-order valence-electron chi connectivity index (χ3n) is 9.69. The SMILES string of the molecule is O=C(Cc1ccc(N2CCN(C(=O)C3CCC(C(=O)O)CC3)CC2)nc1)c1oc(N2CCC(c3ccccc3)CC2)nc1C(F)(F)F. The first kappa shape index (κ1) is 32.5. The topological polar surface area (TPSA) is 120 Å². The van der Waals surface area contributed by atoms with Gasteiger partial charge >= 0.3 is 12.1 Å². The highest BCUT2D eigenvalue weighted by atomic mass is 19.4. The molecule has 1 amide bonds. The van der Waals surface area contributed by atoms with Crippen LogP contribution in [0, 0.1) is 11.8 Å². The normalized spacial score (nSPS) is 21.1. The number of aliphatic carboxylic acids is 1. The molecule has 2 aromatic heterocycles. The van der Waals surface area contributed by atoms with Gasteiger partial charge in [0.05, 0.1) is 5.92 Å². The Labute approximate surface area is 270 Å². The third-order valence-corrected chi connectivity index (χ3v) is 9.69. The molecule has 1 saturated carbocycles. The molecule has 250 valence electrons. The molecule has 1 N–H and O–H groups in total. The number of nitrogens with zero attached hydrogens (tertiary/aromatic N) is 5. The second-order valence-electron chi connectivity index (χ2n) is 12.7. The first-order valence-corrected chi connectivity index (χ1v) is 16.2. The average molecular weight is 654 g/mol. The van der Waals surface area contributed by atoms with Gasteiger partial charge in [0, 0.05) is 57.8 Å². The number of piperazine rings is 1. The van der Waals surface area contributed by atoms with Crippen molar-refractivity contribution in [3.8, 4) is 0 Å². The van der Waals surface area contributed by atoms with Gasteiger partial charge in [-0.2, -0.15) is 18.2 Å². The van der Waals surface area contributed by atoms with Crippen LogP contribution in [-0.2, 0) is 22.2 Å². The van der Waals surface area contributed by atoms with Crippen molar-refractivity contribution in [1.82, 2.24) is 14.9 Å². The quantitative estimate of drug-likeness (QED) is 0.317. The minimum absolute atomic E-state index is 0.0702. The van der Waals surface area contributed by atoms with Gasteiger partial charge in [-0.3, -0.25) is 14.4 Å². The molecular weight excluding hydrogens is 615 g/mol. The monoisotopic (exact) mass is 653 g/mol. The predicted octanol–water partition coefficient (Wildman–Crippen LogP) is 5.44. The number of hydrogen-bond donors (Lipinski definition) is 1. The first-order valence-electron chi connectivity index (χ1n) is 16.2. The molecule has 10 nitrogen and oxygen atoms in total. The summed E-state index contributed by atoms with van der Waals surface area (Å²) in [6.07, 6.45) is -0.0142. The molecule has 3 fully saturated rings. The van der Waals surface area contributed by atoms with E-state index in [1.165, 1.54) is 11.8 Å². The Balaban J connectivity index is 1.04. The molecule has 0 bridgehead atoms. The molecule has 13 heteroatoms. The Bertz CT molecular complexity index is 1550. The fraction of sp³-hybridized carbons (Fsp3) is 0.500. The average Bonchev–Trinajstić information content (AvgIpc) is 3.56. The van der Waals surface area contributed by atoms with Gasteiger partial charge in [0.1, 0.15) is 5.82 Å². The lowest BCUT2D eigenvalue weighted by molar-refractivity contribution is -0.145. The summed E-state index contributed by atoms with van der Waals surface area (Å²) in [5, 5.41) is 9.21. The van der Waals surface area contributed by atoms with E-state index in [2.05, 4.69) is 9.97 Å². The van der Waals surface area contributed by atoms with Crippen molar-refractivity contribution in [1.29, 1.82) is 0 Å². The van der Waals surface area contributed by atoms with Crippen molar-refractivity contribution in [2.24, 2.45) is 11.8 Å². The molecule has 1 aliphatic carbocycles. The van der Waals surface area contributed by atoms with Crippen LogP contribution in [0.1, 0.15) is 71.8 Å². The van der Waals surface area contributed by atoms with E-state index in [-0.39, 0.29) is 30.2 Å². The van der Waals surface area contributed by atoms with Gasteiger partial charge in [0.15, 0.2) is 5.69 Å². The lowest BCUT2D eigenvalue weighted by Crippen LogP contribution is -2.51. The van der Waals surface area contributed by atoms with Crippen LogP contribution in [0.25, 0.3) is 0 Å². The van der Waals surface area contributed by atoms with Crippen molar-refractivity contribution >= 4 is 29.5 Å². The molecule has 2 aliphatic heterocycles. The zero-order chi connectivity index (χ0) is 33.1. The number of anilines is 2. The summed E-state index contributed by atoms with van der Waals surface area (Å²) in [6, 6.07) is 13.2. The molecule has 1 aromatic carbocycles. The number of oxazole rings is 1. The zero-order valence-corrected chi connectivity index (χ0v) is 26.0. The number of benzene rings is 1. The number of carbonyl (C=O) groups excluding carboxylic acids is 2. The van der Waals surface area contributed by atoms with Crippen LogP contribution in [0.3, 0.4) is 0 Å². The van der Waals surface area contributed by atoms with Crippen LogP contribution in [0.5, 0.6) is 0 Å². The minimum Gasteiger partial charge on any atom is -0.481 e. The van der Waals surface area contributed by atoms with Crippen LogP contribution >= 0.6 is 0 Å². The maximum atomic E-state index is 13.9. The fourth-order valence-corrected chi connectivity index (χ4v) is 6.93. The Hall–Kier alpha value is -4.42. The van der Waals surface area contributed by atoms with Crippen LogP contribution in [0.4, 0.5) is 25.0 Å². The van der Waals surface area contributed by atoms with E-state index in [4.69, 9.17) is 4.42 Å². The maximum absolute atomic E-state index is 13.9. The number of carbonyl (C=O) groups is 3. The lowest BCUT2D eigenvalue weighted by Gasteiger charge is -2.38. The maximum Gasteiger partial charge on any atom is 0.437 e. The van der Waals surface area contributed by atoms with Crippen molar-refractivity contribution in [2.75, 3.05) is 49.1 Å². The Morgan fingerprint density at radius 1 is 0.830 bits per heavy atom. The highest BCUT2D eigenvalue weighted by Crippen LogP contribution is 2.37. The summed E-state index contributed by atoms with van der Waals surface area (Å²) < 4.78 is 47.3. The summed E-state index contributed by atoms with van der Waals surface area (Å²) >= 11 is 0. The second-order valence-corrected chi connectivity index (χ2v) is 12.7. The van der Waals surface area contributed by atoms with Crippen LogP contribution in [0.15, 0.2) is 53.1 Å². The minimum atomic E-state index is -4.85. The van der Waals surface area contributed by atoms with Gasteiger partial charge in [-0.05, 0) is 61.6 Å². The molecule has 2 saturated heterocycles. The summed E-state index contributed by atoms with van der Waals surface area (Å²) in [4.78, 5) is 51.1. The zero-order valence-electron chi connectivity index (χ0n) is 26.0. The number of hydrogen-bond acceptors (Lipinski definition) is 8. The van der Waals surface area contributed by atoms with Crippen molar-refractivity contribution in [2.45, 2.75) is 57.0 Å². The van der Waals surface area contributed by atoms with Crippen molar-refractivity contribution in [3.05, 3.63) is 71.2 Å². The van der Waals surface area contributed by atoms with Crippen molar-refractivity contribution in [3.63, 3.8) is 0 Å². The number of carboxylic acid groups (broad SMARTS) is 1. The van der Waals surface area contributed by atoms with E-state index < -0.39 is 29.4 Å². The summed E-state index contributed by atoms with van der Waals surface area (Å²) in [5.41, 5.74) is 0.325. The molecule has 0 unspecified atom stereocenters. The molecule has 3 aliphatic rings. The summed E-state index contributed by atoms with van der Waals surface area (Å²) in [6.45, 7) is 3.06. The van der Waals surface area contributed by atoms with Gasteiger partial charge in [-0.1, -0.05) is 36.4 Å². The highest BCUT2D eigenvalue weighted by molar-refractivity contribution is 5.96. The number of piperidine rings is 1. The third kappa shape index (κ3) is 7.44. The number of alkyl halides is 3. The molecule has 0 atom stereocenters. The largest absolute Gasteiger partial charge is 0.481 e. The number of ketones is 1. The molecule has 3 aromatic rings. The van der Waals surface area contributed by atoms with E-state index in [0.717, 1.165) is 12.8 Å². The Morgan fingerprint density at radius 3 is 2.09 bits per heavy atom. The number of rotatable bonds is 8. The van der Waals surface area contributed by atoms with E-state index in [0.29, 0.717) is 82.3 Å². The molecule has 6 rings (SSSR count). The summed E-state index contributed by atoms with van der Waals surface area (Å²) in [7, 11) is 0. The Kier molecular flexibility index (Phi) is 9.51. The standard InChI is InChI=1S/C34H38F3N5O5/c35-34(36,37)30-29(47-33(39-30)42-14-12-24(13-15-42)23-4-2-1-3-5-23)27(43)20-22-6-11-28(38-21-22)40-16-18-41(19-17-40)31(44)25-7-9-26(10-8-25)32(45)46/h1-6,11,21,24-26H,7-10,12-20H2,(H,45,46). The second kappa shape index (κ2) is 13.7. The highest BCUT2D eigenvalue weighted by Gasteiger charge is 2.42. The smallest absolute Gasteiger partial charge is 0.437 e. The molecule has 0 radical (unpaired) electrons. The van der Waals surface area contributed by atoms with Gasteiger partial charge in [-0.15, -0.1) is 0 Å². The number of amides is 1. The van der Waals surface area contributed by atoms with Crippen LogP contribution in [-0.4, -0.2) is 76.9 Å². The van der Waals surface area contributed by atoms with Crippen molar-refractivity contribution < 1.29 is 37.1 Å². The van der Waals surface area contributed by atoms with E-state index >= 15 is 0 Å². The van der Waals surface area contributed by atoms with Crippen LogP contribution < -0.4 is 9.80 Å². The fourth-order valence-electron chi connectivity index (χ4n) is 6.93. The molecule has 4 heterocycles. The number of halogens is 3. The lowest BCUT2D eigenvalue weighted by atomic mass is 9.81. The number of Topliss-reactive ketones (excluding diaryl/α,β-unsaturated/α-hetero) is 1. The van der Waals surface area contributed by atoms with Gasteiger partial charge < -0.3 is 24.2 Å². The van der Waals surface area contributed by atoms with E-state index in [1.807, 2.05) is 40.1 Å². The van der Waals surface area contributed by atoms with E-state index in [1.54, 1.807) is 17.0 Å². The van der Waals surface area contributed by atoms with Gasteiger partial charge in [0.2, 0.25) is 17.5 Å². The van der Waals surface area contributed by atoms with Crippen LogP contribution in [0.2, 0.25) is 0 Å². The van der Waals surface area contributed by atoms with E-state index in [9.17, 15) is 32.7 Å². The summed E-state index contributed by atoms with van der Waals surface area (Å²) in [5.74, 6) is -1.91. The molecule has 47 heavy (non-hydrogen) atoms. The van der Waals surface area contributed by atoms with Gasteiger partial charge in [-0.25, -0.2) is 4.98 Å². The molecule has 0 spiro atoms. The number of aromatic nitrogens is 2. The predicted molar refractivity (Wildman–Crippen MR) is 166 cm³/mol. The first-order chi connectivity index (χ1) is 22.6. The number of pyridine rings is 1. The Morgan fingerprint density at radius 2 is 1.49 bits per heavy atom. The van der Waals surface area contributed by atoms with Gasteiger partial charge in [0.25, 0.3) is 6.01 Å². The number of carboxylic acids is 1. The molecular formula is C34H38F3N5O5.